The molecule has 17 heteroatoms. The van der Waals surface area contributed by atoms with Crippen LogP contribution in [0.2, 0.25) is 18.6 Å². The van der Waals surface area contributed by atoms with Gasteiger partial charge in [-0.25, -0.2) is 0 Å². The minimum atomic E-state index is -3.58. The van der Waals surface area contributed by atoms with Crippen LogP contribution in [-0.4, -0.2) is 83.3 Å². The van der Waals surface area contributed by atoms with E-state index in [1.807, 2.05) is 43.3 Å². The zero-order valence-corrected chi connectivity index (χ0v) is 35.0. The maximum Gasteiger partial charge on any atom is 0.304 e. The summed E-state index contributed by atoms with van der Waals surface area (Å²) < 4.78 is 36.1. The summed E-state index contributed by atoms with van der Waals surface area (Å²) in [6.45, 7) is 7.80. The smallest absolute Gasteiger partial charge is 0.304 e. The fourth-order valence-electron chi connectivity index (χ4n) is 9.46. The van der Waals surface area contributed by atoms with Crippen molar-refractivity contribution in [2.24, 2.45) is 5.92 Å². The lowest BCUT2D eigenvalue weighted by atomic mass is 9.82. The molecule has 7 atom stereocenters. The minimum Gasteiger partial charge on any atom is -0.441 e. The Hall–Kier alpha value is -5.78. The summed E-state index contributed by atoms with van der Waals surface area (Å²) in [5.74, 6) is -2.98. The van der Waals surface area contributed by atoms with Crippen molar-refractivity contribution in [3.8, 4) is 0 Å². The highest BCUT2D eigenvalue weighted by atomic mass is 28.4. The first-order valence-corrected chi connectivity index (χ1v) is 23.0. The van der Waals surface area contributed by atoms with Crippen LogP contribution >= 0.6 is 0 Å². The predicted octanol–water partition coefficient (Wildman–Crippen LogP) is 5.07. The molecular formula is C43H47FN6O9Si. The number of benzene rings is 3. The topological polar surface area (TPSA) is 174 Å². The van der Waals surface area contributed by atoms with Crippen LogP contribution in [0.3, 0.4) is 0 Å². The Balaban J connectivity index is 1.14. The fourth-order valence-corrected chi connectivity index (χ4v) is 12.0. The number of esters is 2. The molecular weight excluding hydrogens is 792 g/mol. The second kappa shape index (κ2) is 15.7. The summed E-state index contributed by atoms with van der Waals surface area (Å²) >= 11 is 0. The van der Waals surface area contributed by atoms with Crippen LogP contribution in [0.4, 0.5) is 21.2 Å². The summed E-state index contributed by atoms with van der Waals surface area (Å²) in [6, 6.07) is 21.7. The summed E-state index contributed by atoms with van der Waals surface area (Å²) in [5.41, 5.74) is 1.71. The molecule has 0 bridgehead atoms. The molecule has 4 aliphatic heterocycles. The Morgan fingerprint density at radius 3 is 2.18 bits per heavy atom. The van der Waals surface area contributed by atoms with Crippen LogP contribution in [0, 0.1) is 5.92 Å². The first-order chi connectivity index (χ1) is 28.6. The molecule has 3 amide bonds. The van der Waals surface area contributed by atoms with Gasteiger partial charge in [-0.05, 0) is 61.0 Å². The molecule has 8 rings (SSSR count). The molecule has 0 saturated carbocycles. The van der Waals surface area contributed by atoms with Gasteiger partial charge in [-0.2, -0.15) is 0 Å². The van der Waals surface area contributed by atoms with E-state index < -0.39 is 61.9 Å². The summed E-state index contributed by atoms with van der Waals surface area (Å²) in [5, 5.41) is 18.9. The standard InChI is InChI=1S/C43H47FN6O9Si/c1-25-41(60(4,5)44)36(16-17-47-23-34(45-46-47)32(24-51)29-11-7-6-8-12-29)59-43(25)33-19-31(50-38(55)21-40(50)58-27(3)53)14-15-35(33)48(42(43)56)22-28-10-9-13-30(18-28)49-37(54)20-39(49)57-26(2)52/h6-15,18-19,23,25,32,36,39-41,51H,16-17,20-22,24H2,1-5H3/t25-,32?,36+,39?,40?,41-,43+/m0/s1. The molecule has 3 aromatic carbocycles. The van der Waals surface area contributed by atoms with E-state index in [4.69, 9.17) is 14.2 Å². The third kappa shape index (κ3) is 7.17. The lowest BCUT2D eigenvalue weighted by Crippen LogP contribution is -2.55. The van der Waals surface area contributed by atoms with Gasteiger partial charge in [-0.3, -0.25) is 38.5 Å². The Morgan fingerprint density at radius 2 is 1.58 bits per heavy atom. The lowest BCUT2D eigenvalue weighted by molar-refractivity contribution is -0.155. The Kier molecular flexibility index (Phi) is 10.7. The van der Waals surface area contributed by atoms with E-state index in [1.54, 1.807) is 65.3 Å². The van der Waals surface area contributed by atoms with Crippen LogP contribution in [0.1, 0.15) is 68.3 Å². The van der Waals surface area contributed by atoms with Gasteiger partial charge in [-0.15, -0.1) is 5.10 Å². The number of carbonyl (C=O) groups excluding carboxylic acids is 5. The van der Waals surface area contributed by atoms with Crippen LogP contribution < -0.4 is 14.7 Å². The number of aliphatic hydroxyl groups is 1. The molecule has 0 aliphatic carbocycles. The number of hydrogen-bond acceptors (Lipinski definition) is 11. The number of anilines is 3. The predicted molar refractivity (Wildman–Crippen MR) is 217 cm³/mol. The van der Waals surface area contributed by atoms with E-state index in [-0.39, 0.29) is 43.7 Å². The third-order valence-corrected chi connectivity index (χ3v) is 14.6. The average Bonchev–Trinajstić information content (AvgIpc) is 3.84. The van der Waals surface area contributed by atoms with Crippen LogP contribution in [-0.2, 0) is 56.9 Å². The Labute approximate surface area is 347 Å². The summed E-state index contributed by atoms with van der Waals surface area (Å²) in [6.07, 6.45) is -0.148. The molecule has 1 spiro atoms. The van der Waals surface area contributed by atoms with Gasteiger partial charge in [0.25, 0.3) is 5.91 Å². The number of aryl methyl sites for hydroxylation is 1. The number of ether oxygens (including phenoxy) is 3. The molecule has 314 valence electrons. The van der Waals surface area contributed by atoms with Gasteiger partial charge in [0.1, 0.15) is 0 Å². The van der Waals surface area contributed by atoms with E-state index in [1.165, 1.54) is 23.6 Å². The second-order valence-corrected chi connectivity index (χ2v) is 20.2. The molecule has 15 nitrogen and oxygen atoms in total. The van der Waals surface area contributed by atoms with E-state index in [0.717, 1.165) is 5.56 Å². The van der Waals surface area contributed by atoms with E-state index in [0.29, 0.717) is 46.8 Å². The lowest BCUT2D eigenvalue weighted by Gasteiger charge is -2.39. The molecule has 5 heterocycles. The number of aromatic nitrogens is 3. The van der Waals surface area contributed by atoms with Crippen LogP contribution in [0.25, 0.3) is 0 Å². The van der Waals surface area contributed by atoms with Gasteiger partial charge in [-0.1, -0.05) is 54.6 Å². The molecule has 3 saturated heterocycles. The number of nitrogens with zero attached hydrogens (tertiary/aromatic N) is 6. The number of aliphatic hydroxyl groups excluding tert-OH is 1. The number of carbonyl (C=O) groups is 5. The largest absolute Gasteiger partial charge is 0.441 e. The number of rotatable bonds is 13. The second-order valence-electron chi connectivity index (χ2n) is 16.4. The molecule has 4 aliphatic rings. The van der Waals surface area contributed by atoms with Gasteiger partial charge in [0, 0.05) is 55.0 Å². The highest BCUT2D eigenvalue weighted by Gasteiger charge is 2.67. The molecule has 4 aromatic rings. The quantitative estimate of drug-likeness (QED) is 0.0825. The van der Waals surface area contributed by atoms with Gasteiger partial charge >= 0.3 is 11.9 Å². The van der Waals surface area contributed by atoms with Crippen LogP contribution in [0.15, 0.2) is 79.0 Å². The van der Waals surface area contributed by atoms with E-state index in [2.05, 4.69) is 10.3 Å². The fraction of sp³-hybridized carbons (Fsp3) is 0.419. The average molecular weight is 839 g/mol. The van der Waals surface area contributed by atoms with Gasteiger partial charge in [0.05, 0.1) is 49.4 Å². The van der Waals surface area contributed by atoms with E-state index in [9.17, 15) is 24.3 Å². The molecule has 3 fully saturated rings. The first kappa shape index (κ1) is 41.0. The normalized spacial score (nSPS) is 25.3. The Morgan fingerprint density at radius 1 is 0.933 bits per heavy atom. The monoisotopic (exact) mass is 838 g/mol. The van der Waals surface area contributed by atoms with Crippen LogP contribution in [0.5, 0.6) is 0 Å². The first-order valence-electron chi connectivity index (χ1n) is 20.1. The van der Waals surface area contributed by atoms with Crippen molar-refractivity contribution in [2.45, 2.75) is 102 Å². The zero-order valence-electron chi connectivity index (χ0n) is 34.0. The third-order valence-electron chi connectivity index (χ3n) is 12.1. The van der Waals surface area contributed by atoms with Crippen molar-refractivity contribution in [1.82, 2.24) is 15.0 Å². The van der Waals surface area contributed by atoms with Crippen molar-refractivity contribution in [1.29, 1.82) is 0 Å². The number of halogens is 1. The Bertz CT molecular complexity index is 2360. The molecule has 1 N–H and O–H groups in total. The van der Waals surface area contributed by atoms with Gasteiger partial charge < -0.3 is 28.3 Å². The molecule has 60 heavy (non-hydrogen) atoms. The van der Waals surface area contributed by atoms with Crippen molar-refractivity contribution in [2.75, 3.05) is 21.3 Å². The SMILES string of the molecule is CC(=O)OC1CC(=O)N1c1cccc(CN2C(=O)[C@]3(O[C@H](CCn4cc(C(CO)c5ccccc5)nn4)[C@@H]([Si](C)(C)F)[C@@H]3C)c3cc(N4C(=O)CC4OC(C)=O)ccc32)c1. The van der Waals surface area contributed by atoms with E-state index >= 15 is 8.90 Å². The molecule has 0 radical (unpaired) electrons. The summed E-state index contributed by atoms with van der Waals surface area (Å²) in [7, 11) is -3.58. The zero-order chi connectivity index (χ0) is 42.7. The van der Waals surface area contributed by atoms with Gasteiger partial charge in [0.2, 0.25) is 20.2 Å². The highest BCUT2D eigenvalue weighted by Crippen LogP contribution is 2.61. The van der Waals surface area contributed by atoms with Crippen molar-refractivity contribution in [3.63, 3.8) is 0 Å². The maximum absolute atomic E-state index is 16.8. The highest BCUT2D eigenvalue weighted by molar-refractivity contribution is 6.72. The molecule has 3 unspecified atom stereocenters. The minimum absolute atomic E-state index is 0.00806. The maximum atomic E-state index is 16.8. The van der Waals surface area contributed by atoms with Crippen molar-refractivity contribution >= 4 is 55.1 Å². The number of hydrogen-bond donors (Lipinski definition) is 1. The van der Waals surface area contributed by atoms with Crippen molar-refractivity contribution in [3.05, 3.63) is 101 Å². The molecule has 1 aromatic heterocycles. The van der Waals surface area contributed by atoms with Gasteiger partial charge in [0.15, 0.2) is 18.1 Å². The number of fused-ring (bicyclic) bond motifs is 2. The number of amides is 3. The van der Waals surface area contributed by atoms with Crippen molar-refractivity contribution < 1.29 is 47.4 Å². The summed E-state index contributed by atoms with van der Waals surface area (Å²) in [4.78, 5) is 68.9. The number of β-lactam (4-membered cyclic amide) rings is 2.